The molecule has 1 saturated heterocycles. The smallest absolute Gasteiger partial charge is 0.387 e. The Labute approximate surface area is 116 Å². The third-order valence-electron chi connectivity index (χ3n) is 3.22. The molecule has 1 aliphatic rings. The fraction of sp³-hybridized carbons (Fsp3) is 0.500. The van der Waals surface area contributed by atoms with Crippen molar-refractivity contribution in [1.82, 2.24) is 5.32 Å². The number of carbonyl (C=O) groups is 1. The van der Waals surface area contributed by atoms with Gasteiger partial charge in [-0.15, -0.1) is 0 Å². The summed E-state index contributed by atoms with van der Waals surface area (Å²) in [6.45, 7) is -0.249. The van der Waals surface area contributed by atoms with Crippen LogP contribution in [0.2, 0.25) is 0 Å². The second-order valence-corrected chi connectivity index (χ2v) is 4.72. The number of carbonyl (C=O) groups excluding carboxylic acids is 1. The van der Waals surface area contributed by atoms with Crippen LogP contribution >= 0.6 is 0 Å². The SMILES string of the molecule is CC(NC(=O)c1ccc(OC(F)F)cc1)C1CCCO1. The summed E-state index contributed by atoms with van der Waals surface area (Å²) in [5, 5.41) is 2.85. The van der Waals surface area contributed by atoms with Crippen molar-refractivity contribution in [3.63, 3.8) is 0 Å². The molecule has 20 heavy (non-hydrogen) atoms. The highest BCUT2D eigenvalue weighted by Crippen LogP contribution is 2.17. The molecule has 4 nitrogen and oxygen atoms in total. The second kappa shape index (κ2) is 6.65. The van der Waals surface area contributed by atoms with Crippen LogP contribution in [0.1, 0.15) is 30.1 Å². The number of hydrogen-bond donors (Lipinski definition) is 1. The molecule has 1 heterocycles. The molecular formula is C14H17F2NO3. The van der Waals surface area contributed by atoms with Crippen molar-refractivity contribution in [2.24, 2.45) is 0 Å². The van der Waals surface area contributed by atoms with Gasteiger partial charge >= 0.3 is 6.61 Å². The Morgan fingerprint density at radius 1 is 1.40 bits per heavy atom. The predicted molar refractivity (Wildman–Crippen MR) is 69.0 cm³/mol. The molecule has 110 valence electrons. The van der Waals surface area contributed by atoms with E-state index in [2.05, 4.69) is 10.1 Å². The Hall–Kier alpha value is -1.69. The molecular weight excluding hydrogens is 268 g/mol. The molecule has 1 N–H and O–H groups in total. The summed E-state index contributed by atoms with van der Waals surface area (Å²) in [5.41, 5.74) is 0.400. The van der Waals surface area contributed by atoms with E-state index in [1.807, 2.05) is 6.92 Å². The molecule has 0 saturated carbocycles. The van der Waals surface area contributed by atoms with E-state index < -0.39 is 6.61 Å². The Morgan fingerprint density at radius 2 is 2.10 bits per heavy atom. The van der Waals surface area contributed by atoms with Crippen molar-refractivity contribution in [3.05, 3.63) is 29.8 Å². The first kappa shape index (κ1) is 14.7. The van der Waals surface area contributed by atoms with Crippen LogP contribution in [-0.2, 0) is 4.74 Å². The largest absolute Gasteiger partial charge is 0.435 e. The van der Waals surface area contributed by atoms with E-state index in [1.165, 1.54) is 24.3 Å². The zero-order valence-corrected chi connectivity index (χ0v) is 11.1. The van der Waals surface area contributed by atoms with Gasteiger partial charge in [-0.25, -0.2) is 0 Å². The van der Waals surface area contributed by atoms with Crippen molar-refractivity contribution in [2.75, 3.05) is 6.61 Å². The van der Waals surface area contributed by atoms with E-state index in [-0.39, 0.29) is 23.8 Å². The van der Waals surface area contributed by atoms with Crippen LogP contribution in [0.25, 0.3) is 0 Å². The number of ether oxygens (including phenoxy) is 2. The Balaban J connectivity index is 1.91. The van der Waals surface area contributed by atoms with E-state index in [4.69, 9.17) is 4.74 Å². The second-order valence-electron chi connectivity index (χ2n) is 4.72. The first-order chi connectivity index (χ1) is 9.56. The Kier molecular flexibility index (Phi) is 4.89. The van der Waals surface area contributed by atoms with Crippen LogP contribution in [-0.4, -0.2) is 31.3 Å². The van der Waals surface area contributed by atoms with Crippen molar-refractivity contribution in [2.45, 2.75) is 38.5 Å². The van der Waals surface area contributed by atoms with Crippen LogP contribution in [0.4, 0.5) is 8.78 Å². The van der Waals surface area contributed by atoms with Gasteiger partial charge in [0, 0.05) is 12.2 Å². The third kappa shape index (κ3) is 3.90. The van der Waals surface area contributed by atoms with Gasteiger partial charge in [0.15, 0.2) is 0 Å². The quantitative estimate of drug-likeness (QED) is 0.904. The van der Waals surface area contributed by atoms with E-state index >= 15 is 0 Å². The standard InChI is InChI=1S/C14H17F2NO3/c1-9(12-3-2-8-19-12)17-13(18)10-4-6-11(7-5-10)20-14(15)16/h4-7,9,12,14H,2-3,8H2,1H3,(H,17,18). The summed E-state index contributed by atoms with van der Waals surface area (Å²) in [6, 6.07) is 5.52. The first-order valence-electron chi connectivity index (χ1n) is 6.53. The molecule has 0 aliphatic carbocycles. The lowest BCUT2D eigenvalue weighted by molar-refractivity contribution is -0.0498. The summed E-state index contributed by atoms with van der Waals surface area (Å²) in [7, 11) is 0. The maximum absolute atomic E-state index is 12.0. The van der Waals surface area contributed by atoms with Gasteiger partial charge in [-0.3, -0.25) is 4.79 Å². The zero-order valence-electron chi connectivity index (χ0n) is 11.1. The number of benzene rings is 1. The molecule has 6 heteroatoms. The van der Waals surface area contributed by atoms with Crippen molar-refractivity contribution in [1.29, 1.82) is 0 Å². The molecule has 1 aromatic rings. The van der Waals surface area contributed by atoms with Crippen LogP contribution < -0.4 is 10.1 Å². The molecule has 0 bridgehead atoms. The molecule has 2 rings (SSSR count). The third-order valence-corrected chi connectivity index (χ3v) is 3.22. The van der Waals surface area contributed by atoms with Crippen molar-refractivity contribution in [3.8, 4) is 5.75 Å². The van der Waals surface area contributed by atoms with Gasteiger partial charge in [0.2, 0.25) is 0 Å². The average molecular weight is 285 g/mol. The average Bonchev–Trinajstić information content (AvgIpc) is 2.92. The summed E-state index contributed by atoms with van der Waals surface area (Å²) < 4.78 is 33.7. The molecule has 2 unspecified atom stereocenters. The lowest BCUT2D eigenvalue weighted by atomic mass is 10.1. The lowest BCUT2D eigenvalue weighted by Gasteiger charge is -2.20. The van der Waals surface area contributed by atoms with Crippen LogP contribution in [0, 0.1) is 0 Å². The molecule has 2 atom stereocenters. The molecule has 0 aromatic heterocycles. The molecule has 1 amide bonds. The first-order valence-corrected chi connectivity index (χ1v) is 6.53. The van der Waals surface area contributed by atoms with Gasteiger partial charge < -0.3 is 14.8 Å². The highest BCUT2D eigenvalue weighted by molar-refractivity contribution is 5.94. The topological polar surface area (TPSA) is 47.6 Å². The highest BCUT2D eigenvalue weighted by atomic mass is 19.3. The normalized spacial score (nSPS) is 19.9. The number of rotatable bonds is 5. The number of nitrogens with one attached hydrogen (secondary N) is 1. The Morgan fingerprint density at radius 3 is 2.65 bits per heavy atom. The molecule has 1 fully saturated rings. The lowest BCUT2D eigenvalue weighted by Crippen LogP contribution is -2.40. The minimum atomic E-state index is -2.87. The number of hydrogen-bond acceptors (Lipinski definition) is 3. The van der Waals surface area contributed by atoms with Crippen molar-refractivity contribution < 1.29 is 23.0 Å². The highest BCUT2D eigenvalue weighted by Gasteiger charge is 2.23. The Bertz CT molecular complexity index is 444. The molecule has 0 radical (unpaired) electrons. The fourth-order valence-corrected chi connectivity index (χ4v) is 2.17. The van der Waals surface area contributed by atoms with Gasteiger partial charge in [-0.2, -0.15) is 8.78 Å². The van der Waals surface area contributed by atoms with Crippen molar-refractivity contribution >= 4 is 5.91 Å². The van der Waals surface area contributed by atoms with Gasteiger partial charge in [0.05, 0.1) is 12.1 Å². The van der Waals surface area contributed by atoms with Gasteiger partial charge in [0.1, 0.15) is 5.75 Å². The fourth-order valence-electron chi connectivity index (χ4n) is 2.17. The van der Waals surface area contributed by atoms with Crippen LogP contribution in [0.5, 0.6) is 5.75 Å². The molecule has 1 aliphatic heterocycles. The van der Waals surface area contributed by atoms with E-state index in [0.29, 0.717) is 5.56 Å². The van der Waals surface area contributed by atoms with Gasteiger partial charge in [-0.1, -0.05) is 0 Å². The minimum absolute atomic E-state index is 0.0312. The maximum Gasteiger partial charge on any atom is 0.387 e. The summed E-state index contributed by atoms with van der Waals surface area (Å²) in [5.74, 6) is -0.222. The number of alkyl halides is 2. The number of halogens is 2. The van der Waals surface area contributed by atoms with Gasteiger partial charge in [-0.05, 0) is 44.0 Å². The molecule has 0 spiro atoms. The van der Waals surface area contributed by atoms with Crippen LogP contribution in [0.3, 0.4) is 0 Å². The monoisotopic (exact) mass is 285 g/mol. The number of amides is 1. The van der Waals surface area contributed by atoms with E-state index in [9.17, 15) is 13.6 Å². The van der Waals surface area contributed by atoms with Gasteiger partial charge in [0.25, 0.3) is 5.91 Å². The molecule has 1 aromatic carbocycles. The minimum Gasteiger partial charge on any atom is -0.435 e. The van der Waals surface area contributed by atoms with E-state index in [0.717, 1.165) is 19.4 Å². The summed E-state index contributed by atoms with van der Waals surface area (Å²) >= 11 is 0. The predicted octanol–water partition coefficient (Wildman–Crippen LogP) is 2.59. The summed E-state index contributed by atoms with van der Waals surface area (Å²) in [6.07, 6.45) is 1.98. The maximum atomic E-state index is 12.0. The zero-order chi connectivity index (χ0) is 14.5. The summed E-state index contributed by atoms with van der Waals surface area (Å²) in [4.78, 5) is 12.0. The van der Waals surface area contributed by atoms with E-state index in [1.54, 1.807) is 0 Å². The van der Waals surface area contributed by atoms with Crippen LogP contribution in [0.15, 0.2) is 24.3 Å².